The number of halogens is 1. The first-order valence-corrected chi connectivity index (χ1v) is 8.27. The van der Waals surface area contributed by atoms with Gasteiger partial charge in [0.05, 0.1) is 17.3 Å². The maximum absolute atomic E-state index is 12.0. The highest BCUT2D eigenvalue weighted by molar-refractivity contribution is 6.33. The lowest BCUT2D eigenvalue weighted by Crippen LogP contribution is -2.30. The SMILES string of the molecule is C[C@H](NC(=O)COC(=O)c1ccc(-c2ccccc2Cl)o1)c1ccco1. The number of carbonyl (C=O) groups is 2. The van der Waals surface area contributed by atoms with Gasteiger partial charge >= 0.3 is 5.97 Å². The van der Waals surface area contributed by atoms with Crippen LogP contribution in [-0.4, -0.2) is 18.5 Å². The summed E-state index contributed by atoms with van der Waals surface area (Å²) in [5, 5.41) is 3.18. The topological polar surface area (TPSA) is 81.7 Å². The van der Waals surface area contributed by atoms with Crippen LogP contribution in [0.1, 0.15) is 29.3 Å². The predicted octanol–water partition coefficient (Wildman–Crippen LogP) is 4.23. The minimum atomic E-state index is -0.732. The maximum atomic E-state index is 12.0. The van der Waals surface area contributed by atoms with Gasteiger partial charge in [0.1, 0.15) is 11.5 Å². The molecule has 0 aliphatic heterocycles. The molecule has 0 fully saturated rings. The Morgan fingerprint density at radius 1 is 1.15 bits per heavy atom. The monoisotopic (exact) mass is 373 g/mol. The van der Waals surface area contributed by atoms with Gasteiger partial charge in [-0.25, -0.2) is 4.79 Å². The maximum Gasteiger partial charge on any atom is 0.374 e. The van der Waals surface area contributed by atoms with Gasteiger partial charge in [0, 0.05) is 5.56 Å². The summed E-state index contributed by atoms with van der Waals surface area (Å²) in [4.78, 5) is 23.9. The third-order valence-corrected chi connectivity index (χ3v) is 3.96. The third kappa shape index (κ3) is 4.15. The molecule has 6 nitrogen and oxygen atoms in total. The molecule has 0 spiro atoms. The summed E-state index contributed by atoms with van der Waals surface area (Å²) >= 11 is 6.10. The molecule has 0 radical (unpaired) electrons. The summed E-state index contributed by atoms with van der Waals surface area (Å²) in [7, 11) is 0. The van der Waals surface area contributed by atoms with Crippen molar-refractivity contribution in [2.75, 3.05) is 6.61 Å². The number of rotatable bonds is 6. The summed E-state index contributed by atoms with van der Waals surface area (Å²) in [6.45, 7) is 1.34. The van der Waals surface area contributed by atoms with Crippen molar-refractivity contribution in [3.8, 4) is 11.3 Å². The largest absolute Gasteiger partial charge is 0.467 e. The van der Waals surface area contributed by atoms with Gasteiger partial charge in [0.2, 0.25) is 5.76 Å². The van der Waals surface area contributed by atoms with Crippen LogP contribution >= 0.6 is 11.6 Å². The standard InChI is InChI=1S/C19H16ClNO5/c1-12(15-7-4-10-24-15)21-18(22)11-25-19(23)17-9-8-16(26-17)13-5-2-3-6-14(13)20/h2-10,12H,11H2,1H3,(H,21,22)/t12-/m0/s1. The zero-order valence-corrected chi connectivity index (χ0v) is 14.7. The van der Waals surface area contributed by atoms with Crippen molar-refractivity contribution < 1.29 is 23.2 Å². The fourth-order valence-corrected chi connectivity index (χ4v) is 2.58. The average Bonchev–Trinajstić information content (AvgIpc) is 3.32. The number of nitrogens with one attached hydrogen (secondary N) is 1. The van der Waals surface area contributed by atoms with Gasteiger partial charge in [0.15, 0.2) is 6.61 Å². The molecular formula is C19H16ClNO5. The Morgan fingerprint density at radius 2 is 1.96 bits per heavy atom. The summed E-state index contributed by atoms with van der Waals surface area (Å²) in [5.74, 6) is -0.130. The smallest absolute Gasteiger partial charge is 0.374 e. The van der Waals surface area contributed by atoms with Crippen LogP contribution in [0.4, 0.5) is 0 Å². The fourth-order valence-electron chi connectivity index (χ4n) is 2.35. The summed E-state index contributed by atoms with van der Waals surface area (Å²) in [5.41, 5.74) is 0.665. The number of hydrogen-bond donors (Lipinski definition) is 1. The first kappa shape index (κ1) is 17.8. The zero-order valence-electron chi connectivity index (χ0n) is 13.9. The van der Waals surface area contributed by atoms with Crippen LogP contribution in [0.5, 0.6) is 0 Å². The second kappa shape index (κ2) is 7.93. The highest BCUT2D eigenvalue weighted by Crippen LogP contribution is 2.29. The summed E-state index contributed by atoms with van der Waals surface area (Å²) in [6, 6.07) is 13.4. The molecule has 26 heavy (non-hydrogen) atoms. The number of amides is 1. The van der Waals surface area contributed by atoms with E-state index in [1.54, 1.807) is 43.3 Å². The molecule has 1 atom stereocenters. The highest BCUT2D eigenvalue weighted by Gasteiger charge is 2.18. The molecule has 0 unspecified atom stereocenters. The van der Waals surface area contributed by atoms with Gasteiger partial charge in [-0.3, -0.25) is 4.79 Å². The lowest BCUT2D eigenvalue weighted by atomic mass is 10.2. The van der Waals surface area contributed by atoms with Crippen molar-refractivity contribution in [3.05, 3.63) is 71.3 Å². The Morgan fingerprint density at radius 3 is 2.69 bits per heavy atom. The fraction of sp³-hybridized carbons (Fsp3) is 0.158. The molecule has 3 aromatic rings. The molecule has 0 saturated heterocycles. The van der Waals surface area contributed by atoms with Crippen LogP contribution in [0.25, 0.3) is 11.3 Å². The second-order valence-corrected chi connectivity index (χ2v) is 5.93. The minimum Gasteiger partial charge on any atom is -0.467 e. The first-order chi connectivity index (χ1) is 12.5. The molecular weight excluding hydrogens is 358 g/mol. The van der Waals surface area contributed by atoms with Crippen molar-refractivity contribution in [2.24, 2.45) is 0 Å². The van der Waals surface area contributed by atoms with E-state index in [0.29, 0.717) is 22.1 Å². The lowest BCUT2D eigenvalue weighted by molar-refractivity contribution is -0.125. The molecule has 2 aromatic heterocycles. The second-order valence-electron chi connectivity index (χ2n) is 5.52. The Bertz CT molecular complexity index is 900. The molecule has 0 bridgehead atoms. The molecule has 1 aromatic carbocycles. The molecule has 0 saturated carbocycles. The van der Waals surface area contributed by atoms with E-state index in [1.165, 1.54) is 12.3 Å². The summed E-state index contributed by atoms with van der Waals surface area (Å²) in [6.07, 6.45) is 1.52. The van der Waals surface area contributed by atoms with Crippen LogP contribution in [-0.2, 0) is 9.53 Å². The van der Waals surface area contributed by atoms with E-state index in [0.717, 1.165) is 0 Å². The zero-order chi connectivity index (χ0) is 18.5. The molecule has 1 N–H and O–H groups in total. The molecule has 0 aliphatic carbocycles. The predicted molar refractivity (Wildman–Crippen MR) is 94.7 cm³/mol. The van der Waals surface area contributed by atoms with Crippen molar-refractivity contribution in [1.82, 2.24) is 5.32 Å². The Balaban J connectivity index is 1.55. The van der Waals surface area contributed by atoms with E-state index in [1.807, 2.05) is 6.07 Å². The number of benzene rings is 1. The summed E-state index contributed by atoms with van der Waals surface area (Å²) < 4.78 is 15.7. The molecule has 2 heterocycles. The number of esters is 1. The Labute approximate surface area is 154 Å². The van der Waals surface area contributed by atoms with Gasteiger partial charge in [-0.1, -0.05) is 23.7 Å². The van der Waals surface area contributed by atoms with Crippen LogP contribution in [0.3, 0.4) is 0 Å². The highest BCUT2D eigenvalue weighted by atomic mass is 35.5. The van der Waals surface area contributed by atoms with Gasteiger partial charge in [0.25, 0.3) is 5.91 Å². The molecule has 1 amide bonds. The van der Waals surface area contributed by atoms with Gasteiger partial charge in [-0.2, -0.15) is 0 Å². The van der Waals surface area contributed by atoms with Crippen molar-refractivity contribution in [2.45, 2.75) is 13.0 Å². The van der Waals surface area contributed by atoms with Crippen LogP contribution in [0.15, 0.2) is 63.6 Å². The molecule has 3 rings (SSSR count). The van der Waals surface area contributed by atoms with E-state index in [2.05, 4.69) is 5.32 Å². The molecule has 134 valence electrons. The molecule has 0 aliphatic rings. The van der Waals surface area contributed by atoms with Crippen molar-refractivity contribution in [1.29, 1.82) is 0 Å². The van der Waals surface area contributed by atoms with E-state index in [4.69, 9.17) is 25.2 Å². The van der Waals surface area contributed by atoms with Crippen molar-refractivity contribution >= 4 is 23.5 Å². The normalized spacial score (nSPS) is 11.8. The lowest BCUT2D eigenvalue weighted by Gasteiger charge is -2.11. The van der Waals surface area contributed by atoms with E-state index in [-0.39, 0.29) is 11.8 Å². The van der Waals surface area contributed by atoms with E-state index < -0.39 is 18.5 Å². The van der Waals surface area contributed by atoms with Crippen LogP contribution in [0.2, 0.25) is 5.02 Å². The number of ether oxygens (including phenoxy) is 1. The first-order valence-electron chi connectivity index (χ1n) is 7.89. The number of furan rings is 2. The van der Waals surface area contributed by atoms with Gasteiger partial charge < -0.3 is 18.9 Å². The van der Waals surface area contributed by atoms with Crippen LogP contribution < -0.4 is 5.32 Å². The number of carbonyl (C=O) groups excluding carboxylic acids is 2. The van der Waals surface area contributed by atoms with Crippen molar-refractivity contribution in [3.63, 3.8) is 0 Å². The molecule has 7 heteroatoms. The van der Waals surface area contributed by atoms with E-state index >= 15 is 0 Å². The number of hydrogen-bond acceptors (Lipinski definition) is 5. The third-order valence-electron chi connectivity index (χ3n) is 3.63. The average molecular weight is 374 g/mol. The quantitative estimate of drug-likeness (QED) is 0.654. The van der Waals surface area contributed by atoms with Gasteiger partial charge in [-0.05, 0) is 43.3 Å². The Hall–Kier alpha value is -2.99. The van der Waals surface area contributed by atoms with E-state index in [9.17, 15) is 9.59 Å². The van der Waals surface area contributed by atoms with Crippen LogP contribution in [0, 0.1) is 0 Å². The van der Waals surface area contributed by atoms with Gasteiger partial charge in [-0.15, -0.1) is 0 Å². The minimum absolute atomic E-state index is 0.00759. The Kier molecular flexibility index (Phi) is 5.43.